The van der Waals surface area contributed by atoms with E-state index in [1.807, 2.05) is 30.3 Å². The minimum atomic E-state index is -0.633. The molecule has 0 aliphatic rings. The van der Waals surface area contributed by atoms with Crippen LogP contribution in [0.15, 0.2) is 43.1 Å². The SMILES string of the molecule is C=CN(CC(=O)OCc1ccccc1)C(=O)OC(C)(C)C. The molecule has 0 aliphatic heterocycles. The van der Waals surface area contributed by atoms with Crippen LogP contribution in [0.2, 0.25) is 0 Å². The lowest BCUT2D eigenvalue weighted by molar-refractivity contribution is -0.145. The van der Waals surface area contributed by atoms with E-state index in [0.29, 0.717) is 0 Å². The zero-order valence-electron chi connectivity index (χ0n) is 12.7. The van der Waals surface area contributed by atoms with Gasteiger partial charge < -0.3 is 9.47 Å². The Morgan fingerprint density at radius 1 is 1.24 bits per heavy atom. The minimum absolute atomic E-state index is 0.166. The molecular weight excluding hydrogens is 270 g/mol. The molecule has 0 N–H and O–H groups in total. The van der Waals surface area contributed by atoms with Gasteiger partial charge >= 0.3 is 12.1 Å². The lowest BCUT2D eigenvalue weighted by Crippen LogP contribution is -2.36. The lowest BCUT2D eigenvalue weighted by atomic mass is 10.2. The van der Waals surface area contributed by atoms with Gasteiger partial charge in [0, 0.05) is 6.20 Å². The summed E-state index contributed by atoms with van der Waals surface area (Å²) in [7, 11) is 0. The molecule has 1 aromatic carbocycles. The van der Waals surface area contributed by atoms with Gasteiger partial charge in [-0.1, -0.05) is 36.9 Å². The summed E-state index contributed by atoms with van der Waals surface area (Å²) in [6, 6.07) is 9.31. The van der Waals surface area contributed by atoms with Gasteiger partial charge in [-0.15, -0.1) is 0 Å². The molecule has 21 heavy (non-hydrogen) atoms. The average Bonchev–Trinajstić information content (AvgIpc) is 2.41. The second-order valence-corrected chi connectivity index (χ2v) is 5.44. The molecule has 0 bridgehead atoms. The number of carbonyl (C=O) groups is 2. The fraction of sp³-hybridized carbons (Fsp3) is 0.375. The van der Waals surface area contributed by atoms with E-state index >= 15 is 0 Å². The average molecular weight is 291 g/mol. The smallest absolute Gasteiger partial charge is 0.414 e. The maximum Gasteiger partial charge on any atom is 0.414 e. The van der Waals surface area contributed by atoms with Crippen molar-refractivity contribution < 1.29 is 19.1 Å². The first-order chi connectivity index (χ1) is 9.81. The Balaban J connectivity index is 2.47. The molecule has 0 saturated heterocycles. The highest BCUT2D eigenvalue weighted by molar-refractivity contribution is 5.79. The zero-order valence-corrected chi connectivity index (χ0v) is 12.7. The van der Waals surface area contributed by atoms with Gasteiger partial charge in [-0.3, -0.25) is 9.69 Å². The summed E-state index contributed by atoms with van der Waals surface area (Å²) >= 11 is 0. The fourth-order valence-corrected chi connectivity index (χ4v) is 1.45. The predicted molar refractivity (Wildman–Crippen MR) is 79.4 cm³/mol. The molecule has 0 radical (unpaired) electrons. The second kappa shape index (κ2) is 7.47. The number of hydrogen-bond donors (Lipinski definition) is 0. The lowest BCUT2D eigenvalue weighted by Gasteiger charge is -2.24. The molecule has 0 heterocycles. The first-order valence-electron chi connectivity index (χ1n) is 6.63. The molecule has 0 unspecified atom stereocenters. The Morgan fingerprint density at radius 2 is 1.86 bits per heavy atom. The van der Waals surface area contributed by atoms with Crippen molar-refractivity contribution in [1.82, 2.24) is 4.90 Å². The van der Waals surface area contributed by atoms with Gasteiger partial charge in [-0.25, -0.2) is 4.79 Å². The second-order valence-electron chi connectivity index (χ2n) is 5.44. The van der Waals surface area contributed by atoms with Crippen LogP contribution in [-0.2, 0) is 20.9 Å². The molecule has 0 aromatic heterocycles. The molecule has 0 saturated carbocycles. The Labute approximate surface area is 125 Å². The van der Waals surface area contributed by atoms with Crippen molar-refractivity contribution >= 4 is 12.1 Å². The van der Waals surface area contributed by atoms with Crippen molar-refractivity contribution in [2.45, 2.75) is 33.0 Å². The van der Waals surface area contributed by atoms with Crippen LogP contribution >= 0.6 is 0 Å². The third kappa shape index (κ3) is 6.61. The van der Waals surface area contributed by atoms with Crippen LogP contribution in [0.25, 0.3) is 0 Å². The molecule has 114 valence electrons. The fourth-order valence-electron chi connectivity index (χ4n) is 1.45. The standard InChI is InChI=1S/C16H21NO4/c1-5-17(15(19)21-16(2,3)4)11-14(18)20-12-13-9-7-6-8-10-13/h5-10H,1,11-12H2,2-4H3. The number of esters is 1. The highest BCUT2D eigenvalue weighted by Gasteiger charge is 2.22. The molecular formula is C16H21NO4. The van der Waals surface area contributed by atoms with Crippen molar-refractivity contribution in [3.63, 3.8) is 0 Å². The van der Waals surface area contributed by atoms with Crippen LogP contribution in [-0.4, -0.2) is 29.1 Å². The highest BCUT2D eigenvalue weighted by Crippen LogP contribution is 2.10. The van der Waals surface area contributed by atoms with E-state index in [9.17, 15) is 9.59 Å². The zero-order chi connectivity index (χ0) is 15.9. The van der Waals surface area contributed by atoms with E-state index < -0.39 is 17.7 Å². The van der Waals surface area contributed by atoms with Gasteiger partial charge in [0.15, 0.2) is 0 Å². The van der Waals surface area contributed by atoms with Crippen LogP contribution in [0, 0.1) is 0 Å². The number of ether oxygens (including phenoxy) is 2. The number of hydrogen-bond acceptors (Lipinski definition) is 4. The number of amides is 1. The van der Waals surface area contributed by atoms with Crippen molar-refractivity contribution in [2.24, 2.45) is 0 Å². The molecule has 5 nitrogen and oxygen atoms in total. The highest BCUT2D eigenvalue weighted by atomic mass is 16.6. The van der Waals surface area contributed by atoms with Crippen molar-refractivity contribution in [3.8, 4) is 0 Å². The van der Waals surface area contributed by atoms with Gasteiger partial charge in [0.25, 0.3) is 0 Å². The summed E-state index contributed by atoms with van der Waals surface area (Å²) in [4.78, 5) is 24.6. The van der Waals surface area contributed by atoms with Crippen LogP contribution in [0.3, 0.4) is 0 Å². The minimum Gasteiger partial charge on any atom is -0.459 e. The summed E-state index contributed by atoms with van der Waals surface area (Å²) in [5.41, 5.74) is 0.250. The summed E-state index contributed by atoms with van der Waals surface area (Å²) in [5, 5.41) is 0. The van der Waals surface area contributed by atoms with Crippen molar-refractivity contribution in [3.05, 3.63) is 48.7 Å². The van der Waals surface area contributed by atoms with Gasteiger partial charge in [-0.05, 0) is 26.3 Å². The molecule has 0 atom stereocenters. The maximum absolute atomic E-state index is 11.8. The van der Waals surface area contributed by atoms with E-state index in [0.717, 1.165) is 10.5 Å². The number of benzene rings is 1. The Kier molecular flexibility index (Phi) is 5.96. The van der Waals surface area contributed by atoms with E-state index in [1.54, 1.807) is 20.8 Å². The van der Waals surface area contributed by atoms with Crippen LogP contribution < -0.4 is 0 Å². The van der Waals surface area contributed by atoms with Gasteiger partial charge in [0.2, 0.25) is 0 Å². The third-order valence-corrected chi connectivity index (χ3v) is 2.39. The monoisotopic (exact) mass is 291 g/mol. The normalized spacial score (nSPS) is 10.6. The van der Waals surface area contributed by atoms with Gasteiger partial charge in [0.05, 0.1) is 0 Å². The largest absolute Gasteiger partial charge is 0.459 e. The molecule has 0 spiro atoms. The van der Waals surface area contributed by atoms with E-state index in [4.69, 9.17) is 9.47 Å². The van der Waals surface area contributed by atoms with E-state index in [-0.39, 0.29) is 13.2 Å². The number of rotatable bonds is 5. The predicted octanol–water partition coefficient (Wildman–Crippen LogP) is 3.11. The van der Waals surface area contributed by atoms with Crippen LogP contribution in [0.1, 0.15) is 26.3 Å². The molecule has 0 fully saturated rings. The van der Waals surface area contributed by atoms with Crippen LogP contribution in [0.5, 0.6) is 0 Å². The summed E-state index contributed by atoms with van der Waals surface area (Å²) < 4.78 is 10.3. The van der Waals surface area contributed by atoms with Crippen molar-refractivity contribution in [2.75, 3.05) is 6.54 Å². The first kappa shape index (κ1) is 16.8. The summed E-state index contributed by atoms with van der Waals surface area (Å²) in [6.07, 6.45) is 0.617. The Hall–Kier alpha value is -2.30. The molecule has 0 aliphatic carbocycles. The van der Waals surface area contributed by atoms with E-state index in [1.165, 1.54) is 6.20 Å². The quantitative estimate of drug-likeness (QED) is 0.782. The molecule has 1 aromatic rings. The topological polar surface area (TPSA) is 55.8 Å². The summed E-state index contributed by atoms with van der Waals surface area (Å²) in [6.45, 7) is 8.69. The third-order valence-electron chi connectivity index (χ3n) is 2.39. The number of carbonyl (C=O) groups excluding carboxylic acids is 2. The van der Waals surface area contributed by atoms with E-state index in [2.05, 4.69) is 6.58 Å². The molecule has 1 amide bonds. The Morgan fingerprint density at radius 3 is 2.38 bits per heavy atom. The van der Waals surface area contributed by atoms with Gasteiger partial charge in [0.1, 0.15) is 18.8 Å². The van der Waals surface area contributed by atoms with Gasteiger partial charge in [-0.2, -0.15) is 0 Å². The number of nitrogens with zero attached hydrogens (tertiary/aromatic N) is 1. The first-order valence-corrected chi connectivity index (χ1v) is 6.63. The van der Waals surface area contributed by atoms with Crippen LogP contribution in [0.4, 0.5) is 4.79 Å². The summed E-state index contributed by atoms with van der Waals surface area (Å²) in [5.74, 6) is -0.524. The van der Waals surface area contributed by atoms with Crippen molar-refractivity contribution in [1.29, 1.82) is 0 Å². The molecule has 5 heteroatoms. The maximum atomic E-state index is 11.8. The Bertz CT molecular complexity index is 491. The molecule has 1 rings (SSSR count).